The summed E-state index contributed by atoms with van der Waals surface area (Å²) >= 11 is 6.94. The van der Waals surface area contributed by atoms with Crippen LogP contribution in [0.15, 0.2) is 45.9 Å². The van der Waals surface area contributed by atoms with Crippen LogP contribution >= 0.6 is 31.9 Å². The highest BCUT2D eigenvalue weighted by Gasteiger charge is 2.10. The van der Waals surface area contributed by atoms with Gasteiger partial charge in [-0.3, -0.25) is 4.57 Å². The van der Waals surface area contributed by atoms with Gasteiger partial charge in [-0.15, -0.1) is 0 Å². The Balaban J connectivity index is 2.00. The number of para-hydroxylation sites is 1. The first-order valence-electron chi connectivity index (χ1n) is 5.84. The number of imidazole rings is 1. The zero-order valence-electron chi connectivity index (χ0n) is 10.5. The van der Waals surface area contributed by atoms with Crippen LogP contribution in [-0.2, 0) is 0 Å². The second-order valence-electron chi connectivity index (χ2n) is 4.01. The van der Waals surface area contributed by atoms with Gasteiger partial charge in [0.25, 0.3) is 0 Å². The summed E-state index contributed by atoms with van der Waals surface area (Å²) in [4.78, 5) is 16.4. The first kappa shape index (κ1) is 14.0. The molecule has 0 radical (unpaired) electrons. The summed E-state index contributed by atoms with van der Waals surface area (Å²) in [5.41, 5.74) is 6.54. The Hall–Kier alpha value is -2.00. The van der Waals surface area contributed by atoms with Gasteiger partial charge in [0.05, 0.1) is 5.69 Å². The van der Waals surface area contributed by atoms with E-state index >= 15 is 0 Å². The molecule has 2 heterocycles. The fraction of sp³-hybridized carbons (Fsp3) is 0. The van der Waals surface area contributed by atoms with Crippen molar-refractivity contribution in [1.82, 2.24) is 24.5 Å². The highest BCUT2D eigenvalue weighted by Crippen LogP contribution is 2.32. The van der Waals surface area contributed by atoms with E-state index in [1.54, 1.807) is 23.3 Å². The number of halogens is 2. The van der Waals surface area contributed by atoms with E-state index < -0.39 is 0 Å². The van der Waals surface area contributed by atoms with Crippen molar-refractivity contribution in [3.63, 3.8) is 0 Å². The Labute approximate surface area is 136 Å². The second-order valence-corrected chi connectivity index (χ2v) is 5.72. The van der Waals surface area contributed by atoms with Crippen LogP contribution in [0.1, 0.15) is 0 Å². The van der Waals surface area contributed by atoms with E-state index in [2.05, 4.69) is 57.1 Å². The molecule has 0 saturated heterocycles. The zero-order valence-corrected chi connectivity index (χ0v) is 13.7. The quantitative estimate of drug-likeness (QED) is 0.689. The third-order valence-corrected chi connectivity index (χ3v) is 3.90. The van der Waals surface area contributed by atoms with Gasteiger partial charge in [-0.25, -0.2) is 4.98 Å². The van der Waals surface area contributed by atoms with Gasteiger partial charge in [0.15, 0.2) is 0 Å². The summed E-state index contributed by atoms with van der Waals surface area (Å²) < 4.78 is 3.40. The molecule has 7 nitrogen and oxygen atoms in total. The van der Waals surface area contributed by atoms with Gasteiger partial charge in [-0.1, -0.05) is 6.07 Å². The Morgan fingerprint density at radius 2 is 1.86 bits per heavy atom. The van der Waals surface area contributed by atoms with Crippen LogP contribution in [0.3, 0.4) is 0 Å². The first-order valence-corrected chi connectivity index (χ1v) is 7.43. The molecule has 0 aliphatic rings. The molecular formula is C12H9Br2N7. The lowest BCUT2D eigenvalue weighted by Gasteiger charge is -2.10. The normalized spacial score (nSPS) is 10.6. The van der Waals surface area contributed by atoms with Crippen molar-refractivity contribution >= 4 is 49.4 Å². The molecule has 0 saturated carbocycles. The van der Waals surface area contributed by atoms with Gasteiger partial charge in [0, 0.05) is 21.3 Å². The SMILES string of the molecule is Nc1nc(Nc2c(Br)cccc2Br)nc(-n2ccnc2)n1. The molecular weight excluding hydrogens is 402 g/mol. The summed E-state index contributed by atoms with van der Waals surface area (Å²) in [5.74, 6) is 0.865. The molecule has 0 unspecified atom stereocenters. The van der Waals surface area contributed by atoms with Gasteiger partial charge < -0.3 is 11.1 Å². The van der Waals surface area contributed by atoms with Crippen LogP contribution in [0.4, 0.5) is 17.6 Å². The van der Waals surface area contributed by atoms with Crippen LogP contribution < -0.4 is 11.1 Å². The molecule has 3 rings (SSSR count). The molecule has 0 aliphatic carbocycles. The van der Waals surface area contributed by atoms with Crippen molar-refractivity contribution in [1.29, 1.82) is 0 Å². The number of nitrogen functional groups attached to an aromatic ring is 1. The van der Waals surface area contributed by atoms with Crippen LogP contribution in [-0.4, -0.2) is 24.5 Å². The minimum Gasteiger partial charge on any atom is -0.368 e. The van der Waals surface area contributed by atoms with Gasteiger partial charge >= 0.3 is 0 Å². The number of hydrogen-bond donors (Lipinski definition) is 2. The highest BCUT2D eigenvalue weighted by atomic mass is 79.9. The first-order chi connectivity index (χ1) is 10.1. The highest BCUT2D eigenvalue weighted by molar-refractivity contribution is 9.11. The second kappa shape index (κ2) is 5.78. The lowest BCUT2D eigenvalue weighted by atomic mass is 10.3. The van der Waals surface area contributed by atoms with Crippen molar-refractivity contribution in [2.45, 2.75) is 0 Å². The lowest BCUT2D eigenvalue weighted by Crippen LogP contribution is -2.08. The molecule has 0 amide bonds. The van der Waals surface area contributed by atoms with Crippen molar-refractivity contribution in [3.05, 3.63) is 45.9 Å². The van der Waals surface area contributed by atoms with E-state index in [1.165, 1.54) is 0 Å². The van der Waals surface area contributed by atoms with E-state index in [0.29, 0.717) is 11.9 Å². The summed E-state index contributed by atoms with van der Waals surface area (Å²) in [6.07, 6.45) is 4.96. The predicted octanol–water partition coefficient (Wildman–Crippen LogP) is 2.91. The van der Waals surface area contributed by atoms with Crippen molar-refractivity contribution in [3.8, 4) is 5.95 Å². The van der Waals surface area contributed by atoms with Crippen LogP contribution in [0.25, 0.3) is 5.95 Å². The number of hydrogen-bond acceptors (Lipinski definition) is 6. The topological polar surface area (TPSA) is 94.5 Å². The molecule has 1 aromatic carbocycles. The van der Waals surface area contributed by atoms with E-state index in [9.17, 15) is 0 Å². The number of nitrogens with zero attached hydrogens (tertiary/aromatic N) is 5. The monoisotopic (exact) mass is 409 g/mol. The summed E-state index contributed by atoms with van der Waals surface area (Å²) in [5, 5.41) is 3.11. The van der Waals surface area contributed by atoms with Gasteiger partial charge in [-0.05, 0) is 44.0 Å². The molecule has 9 heteroatoms. The van der Waals surface area contributed by atoms with Gasteiger partial charge in [0.1, 0.15) is 6.33 Å². The maximum Gasteiger partial charge on any atom is 0.241 e. The van der Waals surface area contributed by atoms with E-state index in [-0.39, 0.29) is 5.95 Å². The Kier molecular flexibility index (Phi) is 3.84. The number of benzene rings is 1. The number of aromatic nitrogens is 5. The molecule has 0 spiro atoms. The summed E-state index contributed by atoms with van der Waals surface area (Å²) in [7, 11) is 0. The van der Waals surface area contributed by atoms with E-state index in [0.717, 1.165) is 14.6 Å². The third kappa shape index (κ3) is 3.03. The molecule has 3 N–H and O–H groups in total. The third-order valence-electron chi connectivity index (χ3n) is 2.58. The van der Waals surface area contributed by atoms with Gasteiger partial charge in [-0.2, -0.15) is 15.0 Å². The Morgan fingerprint density at radius 3 is 2.52 bits per heavy atom. The maximum atomic E-state index is 5.74. The lowest BCUT2D eigenvalue weighted by molar-refractivity contribution is 0.906. The number of anilines is 3. The molecule has 0 atom stereocenters. The van der Waals surface area contributed by atoms with E-state index in [1.807, 2.05) is 18.2 Å². The van der Waals surface area contributed by atoms with Crippen molar-refractivity contribution < 1.29 is 0 Å². The van der Waals surface area contributed by atoms with Crippen LogP contribution in [0.5, 0.6) is 0 Å². The molecule has 3 aromatic rings. The smallest absolute Gasteiger partial charge is 0.241 e. The summed E-state index contributed by atoms with van der Waals surface area (Å²) in [6, 6.07) is 5.74. The number of nitrogens with two attached hydrogens (primary N) is 1. The molecule has 0 bridgehead atoms. The Bertz CT molecular complexity index is 753. The van der Waals surface area contributed by atoms with Crippen LogP contribution in [0.2, 0.25) is 0 Å². The zero-order chi connectivity index (χ0) is 14.8. The molecule has 21 heavy (non-hydrogen) atoms. The standard InChI is InChI=1S/C12H9Br2N7/c13-7-2-1-3-8(14)9(7)17-11-18-10(15)19-12(20-11)21-5-4-16-6-21/h1-6H,(H3,15,17,18,19,20). The van der Waals surface area contributed by atoms with Gasteiger partial charge in [0.2, 0.25) is 17.8 Å². The fourth-order valence-electron chi connectivity index (χ4n) is 1.66. The fourth-order valence-corrected chi connectivity index (χ4v) is 2.86. The summed E-state index contributed by atoms with van der Waals surface area (Å²) in [6.45, 7) is 0. The molecule has 2 aromatic heterocycles. The van der Waals surface area contributed by atoms with E-state index in [4.69, 9.17) is 5.73 Å². The number of rotatable bonds is 3. The minimum atomic E-state index is 0.124. The molecule has 0 fully saturated rings. The van der Waals surface area contributed by atoms with Crippen molar-refractivity contribution in [2.75, 3.05) is 11.1 Å². The Morgan fingerprint density at radius 1 is 1.10 bits per heavy atom. The average molecular weight is 411 g/mol. The maximum absolute atomic E-state index is 5.74. The molecule has 106 valence electrons. The largest absolute Gasteiger partial charge is 0.368 e. The molecule has 0 aliphatic heterocycles. The predicted molar refractivity (Wildman–Crippen MR) is 86.5 cm³/mol. The minimum absolute atomic E-state index is 0.124. The van der Waals surface area contributed by atoms with Crippen molar-refractivity contribution in [2.24, 2.45) is 0 Å². The average Bonchev–Trinajstić information content (AvgIpc) is 2.97. The number of nitrogens with one attached hydrogen (secondary N) is 1. The van der Waals surface area contributed by atoms with Crippen LogP contribution in [0, 0.1) is 0 Å².